The number of allylic oxidation sites excluding steroid dienone is 1. The highest BCUT2D eigenvalue weighted by Gasteiger charge is 2.45. The maximum atomic E-state index is 12.3. The predicted octanol–water partition coefficient (Wildman–Crippen LogP) is 5.75. The molecule has 2 aromatic rings. The fraction of sp³-hybridized carbons (Fsp3) is 0.667. The number of guanidine groups is 1. The zero-order valence-electron chi connectivity index (χ0n) is 45.4. The Morgan fingerprint density at radius 3 is 1.69 bits per heavy atom. The summed E-state index contributed by atoms with van der Waals surface area (Å²) in [5.74, 6) is 0.479. The van der Waals surface area contributed by atoms with E-state index >= 15 is 0 Å². The minimum absolute atomic E-state index is 0.00750. The molecule has 75 heavy (non-hydrogen) atoms. The van der Waals surface area contributed by atoms with E-state index in [0.717, 1.165) is 50.6 Å². The summed E-state index contributed by atoms with van der Waals surface area (Å²) in [6, 6.07) is 1.60. The Morgan fingerprint density at radius 2 is 1.23 bits per heavy atom. The number of carbonyl (C=O) groups is 2. The number of isocyanates is 4. The predicted molar refractivity (Wildman–Crippen MR) is 284 cm³/mol. The number of aliphatic hydroxyl groups is 1. The average Bonchev–Trinajstić information content (AvgIpc) is 3.23. The van der Waals surface area contributed by atoms with Gasteiger partial charge in [-0.1, -0.05) is 62.3 Å². The Hall–Kier alpha value is -7.21. The molecule has 10 N–H and O–H groups in total. The number of rotatable bonds is 11. The van der Waals surface area contributed by atoms with Crippen LogP contribution in [0.4, 0.5) is 21.5 Å². The number of aliphatic imine (C=N–C) groups is 5. The van der Waals surface area contributed by atoms with Crippen molar-refractivity contribution < 1.29 is 33.9 Å². The van der Waals surface area contributed by atoms with Crippen molar-refractivity contribution in [3.8, 4) is 0 Å². The summed E-state index contributed by atoms with van der Waals surface area (Å²) in [6.45, 7) is 25.0. The largest absolute Gasteiger partial charge is 0.370 e. The standard InChI is InChI=1S/2C17H25N5O3.C12H18N2O2.C5H9N3O/c1-11-5-13(24)21-14(20-11)22-15(25)18-9-17(4)7-12(19-10-23)6-16(2,3)8-17;1-5-17(18-10-23)8-12(7-16(3,4)9-17)20-15(25)22-14-19-11(2)6-13(24)21-14;1-11(2)4-10(14-9-16)5-12(3,6-11)7-13-8-15;1-3-2-4(9)8-5(6)7-3/h5,12H,6-9H2,1-4H3,(H3,18,20,21,22,24,25);6,12H,5,7-9H2,1-4H3,(H3,19,20,21,22,24,25);10H,4-7H2,1-3H3;2,4,9H,1H3,(H3,6,7,8). The number of aromatic nitrogens is 4. The molecule has 0 saturated heterocycles. The van der Waals surface area contributed by atoms with Gasteiger partial charge in [0.25, 0.3) is 11.1 Å². The van der Waals surface area contributed by atoms with E-state index in [9.17, 15) is 38.4 Å². The second-order valence-corrected chi connectivity index (χ2v) is 23.3. The molecule has 0 aromatic carbocycles. The lowest BCUT2D eigenvalue weighted by Gasteiger charge is -2.45. The lowest BCUT2D eigenvalue weighted by atomic mass is 9.62. The highest BCUT2D eigenvalue weighted by Crippen LogP contribution is 2.48. The monoisotopic (exact) mass is 1040 g/mol. The Morgan fingerprint density at radius 1 is 0.720 bits per heavy atom. The van der Waals surface area contributed by atoms with Gasteiger partial charge in [-0.15, -0.1) is 0 Å². The third-order valence-corrected chi connectivity index (χ3v) is 13.2. The lowest BCUT2D eigenvalue weighted by molar-refractivity contribution is 0.0855. The van der Waals surface area contributed by atoms with E-state index in [1.807, 2.05) is 13.8 Å². The normalized spacial score (nSPS) is 26.6. The molecular weight excluding hydrogens is 967 g/mol. The zero-order valence-corrected chi connectivity index (χ0v) is 45.4. The van der Waals surface area contributed by atoms with Crippen LogP contribution in [0.1, 0.15) is 145 Å². The molecule has 3 heterocycles. The summed E-state index contributed by atoms with van der Waals surface area (Å²) >= 11 is 0. The maximum absolute atomic E-state index is 12.3. The minimum atomic E-state index is -0.772. The molecular formula is C51H77N15O9. The van der Waals surface area contributed by atoms with Gasteiger partial charge in [0.1, 0.15) is 0 Å². The number of amides is 4. The van der Waals surface area contributed by atoms with Gasteiger partial charge >= 0.3 is 12.1 Å². The van der Waals surface area contributed by atoms with Gasteiger partial charge < -0.3 is 26.8 Å². The third-order valence-electron chi connectivity index (χ3n) is 13.2. The van der Waals surface area contributed by atoms with Crippen LogP contribution in [0, 0.1) is 40.9 Å². The summed E-state index contributed by atoms with van der Waals surface area (Å²) < 4.78 is 0. The molecule has 3 aliphatic carbocycles. The first kappa shape index (κ1) is 62.1. The number of hydrogen-bond acceptors (Lipinski definition) is 18. The molecule has 7 atom stereocenters. The number of urea groups is 2. The fourth-order valence-electron chi connectivity index (χ4n) is 11.6. The Kier molecular flexibility index (Phi) is 22.2. The number of aliphatic hydroxyl groups excluding tert-OH is 1. The highest BCUT2D eigenvalue weighted by atomic mass is 16.3. The SMILES string of the molecule is CC1(C)CC(N=C=O)CC(C)(CN=C=O)C1.CC1=CC(O)N=C(N)N1.CCC1(N=C=O)CC(NC(=O)Nc2nc(C)cc(=O)[nH]2)CC(C)(C)C1.Cc1cc(=O)[nH]c(NC(=O)NCC2(C)CC(N=C=O)CC(C)(C)C2)n1. The van der Waals surface area contributed by atoms with E-state index in [1.54, 1.807) is 44.2 Å². The first-order chi connectivity index (χ1) is 34.9. The van der Waals surface area contributed by atoms with E-state index in [2.05, 4.69) is 127 Å². The zero-order chi connectivity index (χ0) is 56.4. The third kappa shape index (κ3) is 22.0. The molecule has 4 amide bonds. The van der Waals surface area contributed by atoms with Crippen LogP contribution in [0.25, 0.3) is 0 Å². The number of nitrogens with zero attached hydrogens (tertiary/aromatic N) is 7. The first-order valence-electron chi connectivity index (χ1n) is 24.9. The van der Waals surface area contributed by atoms with Gasteiger partial charge in [-0.3, -0.25) is 30.2 Å². The van der Waals surface area contributed by atoms with Gasteiger partial charge in [0.05, 0.1) is 24.2 Å². The highest BCUT2D eigenvalue weighted by molar-refractivity contribution is 5.88. The molecule has 0 radical (unpaired) electrons. The molecule has 2 aromatic heterocycles. The molecule has 24 heteroatoms. The number of anilines is 2. The van der Waals surface area contributed by atoms with Crippen LogP contribution in [0.2, 0.25) is 0 Å². The molecule has 3 fully saturated rings. The summed E-state index contributed by atoms with van der Waals surface area (Å²) in [4.78, 5) is 121. The Balaban J connectivity index is 0.000000279. The summed E-state index contributed by atoms with van der Waals surface area (Å²) in [5, 5.41) is 22.4. The van der Waals surface area contributed by atoms with Crippen LogP contribution in [0.3, 0.4) is 0 Å². The summed E-state index contributed by atoms with van der Waals surface area (Å²) in [5.41, 5.74) is 5.80. The van der Waals surface area contributed by atoms with Gasteiger partial charge in [0.2, 0.25) is 36.2 Å². The van der Waals surface area contributed by atoms with Crippen molar-refractivity contribution in [1.29, 1.82) is 0 Å². The molecule has 24 nitrogen and oxygen atoms in total. The maximum Gasteiger partial charge on any atom is 0.321 e. The second-order valence-electron chi connectivity index (χ2n) is 23.3. The van der Waals surface area contributed by atoms with Gasteiger partial charge in [0.15, 0.2) is 12.2 Å². The second kappa shape index (κ2) is 26.8. The topological polar surface area (TPSA) is 362 Å². The van der Waals surface area contributed by atoms with E-state index in [4.69, 9.17) is 10.8 Å². The average molecular weight is 1040 g/mol. The molecule has 0 spiro atoms. The number of aromatic amines is 2. The van der Waals surface area contributed by atoms with Gasteiger partial charge in [-0.05, 0) is 118 Å². The number of nitrogens with two attached hydrogens (primary N) is 1. The van der Waals surface area contributed by atoms with Crippen LogP contribution in [0.15, 0.2) is 58.5 Å². The number of aryl methyl sites for hydroxylation is 2. The van der Waals surface area contributed by atoms with E-state index in [0.29, 0.717) is 43.7 Å². The van der Waals surface area contributed by atoms with Crippen molar-refractivity contribution in [3.05, 3.63) is 56.0 Å². The van der Waals surface area contributed by atoms with Crippen LogP contribution in [-0.2, 0) is 19.2 Å². The number of nitrogens with one attached hydrogen (secondary N) is 7. The van der Waals surface area contributed by atoms with E-state index < -0.39 is 23.8 Å². The number of hydrogen-bond donors (Lipinski definition) is 9. The molecule has 6 rings (SSSR count). The first-order valence-corrected chi connectivity index (χ1v) is 24.9. The quantitative estimate of drug-likeness (QED) is 0.0957. The molecule has 1 aliphatic heterocycles. The summed E-state index contributed by atoms with van der Waals surface area (Å²) in [7, 11) is 0. The molecule has 3 saturated carbocycles. The van der Waals surface area contributed by atoms with Crippen LogP contribution in [-0.4, -0.2) is 110 Å². The smallest absolute Gasteiger partial charge is 0.321 e. The van der Waals surface area contributed by atoms with Gasteiger partial charge in [-0.2, -0.15) is 4.99 Å². The van der Waals surface area contributed by atoms with Crippen molar-refractivity contribution in [2.45, 2.75) is 177 Å². The van der Waals surface area contributed by atoms with Crippen molar-refractivity contribution >= 4 is 54.2 Å². The molecule has 410 valence electrons. The molecule has 0 bridgehead atoms. The molecule has 4 aliphatic rings. The summed E-state index contributed by atoms with van der Waals surface area (Å²) in [6.07, 6.45) is 15.3. The van der Waals surface area contributed by atoms with Crippen LogP contribution >= 0.6 is 0 Å². The molecule has 7 unspecified atom stereocenters. The Bertz CT molecular complexity index is 2690. The lowest BCUT2D eigenvalue weighted by Crippen LogP contribution is -2.51. The van der Waals surface area contributed by atoms with Crippen molar-refractivity contribution in [2.24, 2.45) is 57.8 Å². The van der Waals surface area contributed by atoms with Gasteiger partial charge in [0, 0.05) is 41.8 Å². The van der Waals surface area contributed by atoms with Crippen LogP contribution < -0.4 is 43.4 Å². The van der Waals surface area contributed by atoms with Crippen molar-refractivity contribution in [3.63, 3.8) is 0 Å². The number of H-pyrrole nitrogens is 2. The number of carbonyl (C=O) groups excluding carboxylic acids is 6. The van der Waals surface area contributed by atoms with Gasteiger partial charge in [-0.25, -0.2) is 58.7 Å². The van der Waals surface area contributed by atoms with Crippen molar-refractivity contribution in [2.75, 3.05) is 23.7 Å². The van der Waals surface area contributed by atoms with E-state index in [-0.39, 0.29) is 74.2 Å². The minimum Gasteiger partial charge on any atom is -0.370 e. The fourth-order valence-corrected chi connectivity index (χ4v) is 11.6. The Labute approximate surface area is 437 Å². The van der Waals surface area contributed by atoms with Crippen molar-refractivity contribution in [1.82, 2.24) is 35.9 Å². The van der Waals surface area contributed by atoms with Crippen LogP contribution in [0.5, 0.6) is 0 Å². The van der Waals surface area contributed by atoms with E-state index in [1.165, 1.54) is 12.1 Å².